The minimum absolute atomic E-state index is 0.00154. The van der Waals surface area contributed by atoms with E-state index in [0.29, 0.717) is 25.4 Å². The van der Waals surface area contributed by atoms with Crippen LogP contribution in [0.3, 0.4) is 0 Å². The third-order valence-corrected chi connectivity index (χ3v) is 7.74. The summed E-state index contributed by atoms with van der Waals surface area (Å²) in [6, 6.07) is 18.9. The summed E-state index contributed by atoms with van der Waals surface area (Å²) in [6.45, 7) is 4.76. The molecule has 232 valence electrons. The van der Waals surface area contributed by atoms with Crippen molar-refractivity contribution in [3.8, 4) is 22.6 Å². The highest BCUT2D eigenvalue weighted by Crippen LogP contribution is 2.35. The molecule has 43 heavy (non-hydrogen) atoms. The first-order valence-electron chi connectivity index (χ1n) is 13.5. The number of nitrogens with zero attached hydrogens (tertiary/aromatic N) is 2. The topological polar surface area (TPSA) is 152 Å². The molecule has 0 amide bonds. The van der Waals surface area contributed by atoms with Crippen LogP contribution in [0.1, 0.15) is 10.4 Å². The lowest BCUT2D eigenvalue weighted by molar-refractivity contribution is 0.0698. The second kappa shape index (κ2) is 14.2. The molecule has 1 aliphatic heterocycles. The van der Waals surface area contributed by atoms with Gasteiger partial charge in [0.1, 0.15) is 12.4 Å². The Morgan fingerprint density at radius 1 is 0.791 bits per heavy atom. The van der Waals surface area contributed by atoms with Crippen LogP contribution >= 0.6 is 0 Å². The minimum Gasteiger partial charge on any atom is -0.492 e. The standard InChI is InChI=1S/C29H35N3O9S2/c1-42(35,36)40-19-17-32-14-12-31(13-15-32)16-18-39-24-9-11-28(41-43(2,37)38)27(21-24)30-26-20-23(8-10-25(26)29(33)34)22-6-4-3-5-7-22/h3-11,20-21,30H,12-19H2,1-2H3,(H,33,34). The number of carbonyl (C=O) groups is 1. The summed E-state index contributed by atoms with van der Waals surface area (Å²) < 4.78 is 62.2. The highest BCUT2D eigenvalue weighted by molar-refractivity contribution is 7.86. The maximum absolute atomic E-state index is 12.0. The number of hydrogen-bond acceptors (Lipinski definition) is 11. The number of aromatic carboxylic acids is 1. The molecular formula is C29H35N3O9S2. The van der Waals surface area contributed by atoms with Crippen molar-refractivity contribution in [2.75, 3.05) is 70.3 Å². The van der Waals surface area contributed by atoms with Gasteiger partial charge in [0.25, 0.3) is 10.1 Å². The van der Waals surface area contributed by atoms with Crippen LogP contribution in [0.2, 0.25) is 0 Å². The molecule has 1 aliphatic rings. The van der Waals surface area contributed by atoms with Crippen molar-refractivity contribution in [3.63, 3.8) is 0 Å². The number of rotatable bonds is 14. The molecule has 1 heterocycles. The van der Waals surface area contributed by atoms with E-state index in [0.717, 1.165) is 49.8 Å². The number of anilines is 2. The van der Waals surface area contributed by atoms with Crippen LogP contribution in [0.4, 0.5) is 11.4 Å². The minimum atomic E-state index is -3.88. The molecule has 0 radical (unpaired) electrons. The Labute approximate surface area is 252 Å². The Balaban J connectivity index is 1.44. The summed E-state index contributed by atoms with van der Waals surface area (Å²) in [7, 11) is -7.33. The van der Waals surface area contributed by atoms with E-state index >= 15 is 0 Å². The Hall–Kier alpha value is -3.69. The number of piperazine rings is 1. The van der Waals surface area contributed by atoms with Crippen molar-refractivity contribution >= 4 is 37.6 Å². The zero-order valence-corrected chi connectivity index (χ0v) is 25.6. The Morgan fingerprint density at radius 3 is 2.05 bits per heavy atom. The monoisotopic (exact) mass is 633 g/mol. The van der Waals surface area contributed by atoms with Gasteiger partial charge in [-0.25, -0.2) is 4.79 Å². The van der Waals surface area contributed by atoms with E-state index in [1.807, 2.05) is 30.3 Å². The van der Waals surface area contributed by atoms with Gasteiger partial charge < -0.3 is 19.3 Å². The molecule has 3 aromatic rings. The first-order chi connectivity index (χ1) is 20.4. The first-order valence-corrected chi connectivity index (χ1v) is 17.1. The first kappa shape index (κ1) is 32.2. The van der Waals surface area contributed by atoms with Crippen molar-refractivity contribution in [2.24, 2.45) is 0 Å². The predicted molar refractivity (Wildman–Crippen MR) is 163 cm³/mol. The van der Waals surface area contributed by atoms with Gasteiger partial charge in [0.2, 0.25) is 0 Å². The van der Waals surface area contributed by atoms with Crippen molar-refractivity contribution < 1.29 is 39.8 Å². The summed E-state index contributed by atoms with van der Waals surface area (Å²) in [5, 5.41) is 12.9. The highest BCUT2D eigenvalue weighted by Gasteiger charge is 2.19. The molecule has 1 saturated heterocycles. The van der Waals surface area contributed by atoms with E-state index in [9.17, 15) is 26.7 Å². The molecule has 3 aromatic carbocycles. The van der Waals surface area contributed by atoms with Crippen molar-refractivity contribution in [2.45, 2.75) is 0 Å². The number of ether oxygens (including phenoxy) is 1. The van der Waals surface area contributed by atoms with Crippen LogP contribution < -0.4 is 14.2 Å². The number of hydrogen-bond donors (Lipinski definition) is 2. The summed E-state index contributed by atoms with van der Waals surface area (Å²) in [5.74, 6) is -0.716. The van der Waals surface area contributed by atoms with Gasteiger partial charge in [-0.2, -0.15) is 16.8 Å². The number of carboxylic acids is 1. The lowest BCUT2D eigenvalue weighted by Gasteiger charge is -2.34. The second-order valence-corrected chi connectivity index (χ2v) is 13.3. The number of benzene rings is 3. The molecule has 0 saturated carbocycles. The molecule has 12 nitrogen and oxygen atoms in total. The number of carboxylic acid groups (broad SMARTS) is 1. The fourth-order valence-corrected chi connectivity index (χ4v) is 5.42. The third-order valence-electron chi connectivity index (χ3n) is 6.66. The van der Waals surface area contributed by atoms with Crippen LogP contribution in [-0.4, -0.2) is 103 Å². The molecule has 1 fully saturated rings. The van der Waals surface area contributed by atoms with E-state index in [4.69, 9.17) is 13.1 Å². The molecule has 0 unspecified atom stereocenters. The second-order valence-electron chi connectivity index (χ2n) is 10.1. The maximum Gasteiger partial charge on any atom is 0.337 e. The van der Waals surface area contributed by atoms with Crippen molar-refractivity contribution in [1.82, 2.24) is 9.80 Å². The molecular weight excluding hydrogens is 598 g/mol. The molecule has 0 aromatic heterocycles. The van der Waals surface area contributed by atoms with Crippen LogP contribution in [0, 0.1) is 0 Å². The lowest BCUT2D eigenvalue weighted by atomic mass is 10.0. The van der Waals surface area contributed by atoms with Gasteiger partial charge in [-0.15, -0.1) is 0 Å². The molecule has 2 N–H and O–H groups in total. The summed E-state index contributed by atoms with van der Waals surface area (Å²) in [4.78, 5) is 16.4. The highest BCUT2D eigenvalue weighted by atomic mass is 32.2. The fraction of sp³-hybridized carbons (Fsp3) is 0.345. The zero-order chi connectivity index (χ0) is 31.0. The smallest absolute Gasteiger partial charge is 0.337 e. The van der Waals surface area contributed by atoms with Gasteiger partial charge >= 0.3 is 16.1 Å². The molecule has 0 bridgehead atoms. The van der Waals surface area contributed by atoms with Gasteiger partial charge in [0.15, 0.2) is 5.75 Å². The Kier molecular flexibility index (Phi) is 10.6. The zero-order valence-electron chi connectivity index (χ0n) is 23.9. The van der Waals surface area contributed by atoms with E-state index in [-0.39, 0.29) is 29.3 Å². The summed E-state index contributed by atoms with van der Waals surface area (Å²) in [5.41, 5.74) is 2.13. The SMILES string of the molecule is CS(=O)(=O)OCCN1CCN(CCOc2ccc(OS(C)(=O)=O)c(Nc3cc(-c4ccccc4)ccc3C(=O)O)c2)CC1. The fourth-order valence-electron chi connectivity index (χ4n) is 4.57. The van der Waals surface area contributed by atoms with E-state index < -0.39 is 26.2 Å². The molecule has 14 heteroatoms. The van der Waals surface area contributed by atoms with Gasteiger partial charge in [-0.05, 0) is 35.4 Å². The molecule has 0 atom stereocenters. The molecule has 4 rings (SSSR count). The van der Waals surface area contributed by atoms with Crippen LogP contribution in [0.15, 0.2) is 66.7 Å². The molecule has 0 spiro atoms. The summed E-state index contributed by atoms with van der Waals surface area (Å²) in [6.07, 6.45) is 1.96. The Bertz CT molecular complexity index is 1620. The van der Waals surface area contributed by atoms with E-state index in [2.05, 4.69) is 15.1 Å². The van der Waals surface area contributed by atoms with Gasteiger partial charge in [-0.3, -0.25) is 14.0 Å². The van der Waals surface area contributed by atoms with Crippen LogP contribution in [0.5, 0.6) is 11.5 Å². The maximum atomic E-state index is 12.0. The van der Waals surface area contributed by atoms with Crippen molar-refractivity contribution in [1.29, 1.82) is 0 Å². The van der Waals surface area contributed by atoms with Crippen molar-refractivity contribution in [3.05, 3.63) is 72.3 Å². The number of nitrogens with one attached hydrogen (secondary N) is 1. The lowest BCUT2D eigenvalue weighted by Crippen LogP contribution is -2.48. The van der Waals surface area contributed by atoms with E-state index in [1.165, 1.54) is 12.1 Å². The van der Waals surface area contributed by atoms with Crippen LogP contribution in [0.25, 0.3) is 11.1 Å². The van der Waals surface area contributed by atoms with Gasteiger partial charge in [-0.1, -0.05) is 36.4 Å². The largest absolute Gasteiger partial charge is 0.492 e. The predicted octanol–water partition coefficient (Wildman–Crippen LogP) is 3.11. The Morgan fingerprint density at radius 2 is 1.44 bits per heavy atom. The quantitative estimate of drug-likeness (QED) is 0.251. The van der Waals surface area contributed by atoms with E-state index in [1.54, 1.807) is 24.3 Å². The van der Waals surface area contributed by atoms with Gasteiger partial charge in [0, 0.05) is 45.3 Å². The summed E-state index contributed by atoms with van der Waals surface area (Å²) >= 11 is 0. The van der Waals surface area contributed by atoms with Gasteiger partial charge in [0.05, 0.1) is 36.1 Å². The molecule has 0 aliphatic carbocycles. The third kappa shape index (κ3) is 10.2. The average molecular weight is 634 g/mol. The normalized spacial score (nSPS) is 14.7. The average Bonchev–Trinajstić information content (AvgIpc) is 2.94. The van der Waals surface area contributed by atoms with Crippen LogP contribution in [-0.2, 0) is 24.4 Å².